The summed E-state index contributed by atoms with van der Waals surface area (Å²) in [5.74, 6) is -2.09. The average molecular weight is 455 g/mol. The number of benzene rings is 2. The number of aryl methyl sites for hydroxylation is 1. The van der Waals surface area contributed by atoms with Gasteiger partial charge in [0.2, 0.25) is 5.13 Å². The van der Waals surface area contributed by atoms with Gasteiger partial charge in [-0.25, -0.2) is 4.79 Å². The van der Waals surface area contributed by atoms with E-state index < -0.39 is 28.4 Å². The molecule has 11 nitrogen and oxygen atoms in total. The first kappa shape index (κ1) is 22.5. The van der Waals surface area contributed by atoms with Crippen molar-refractivity contribution < 1.29 is 24.0 Å². The van der Waals surface area contributed by atoms with Crippen LogP contribution < -0.4 is 10.6 Å². The Morgan fingerprint density at radius 1 is 1.06 bits per heavy atom. The second-order valence-electron chi connectivity index (χ2n) is 6.33. The molecule has 0 aliphatic carbocycles. The summed E-state index contributed by atoms with van der Waals surface area (Å²) in [5.41, 5.74) is -0.437. The average Bonchev–Trinajstić information content (AvgIpc) is 3.25. The molecule has 0 saturated heterocycles. The maximum Gasteiger partial charge on any atom is 0.338 e. The Labute approximate surface area is 185 Å². The van der Waals surface area contributed by atoms with Gasteiger partial charge in [0.1, 0.15) is 5.01 Å². The SMILES string of the molecule is CCc1nnc(NC(=O)c2ccccc2NC(=O)c2cc(C(=O)OC)cc([N+](=O)[O-])c2)s1. The number of amides is 2. The number of nitro groups is 1. The molecule has 1 heterocycles. The summed E-state index contributed by atoms with van der Waals surface area (Å²) < 4.78 is 4.58. The lowest BCUT2D eigenvalue weighted by Gasteiger charge is -2.11. The van der Waals surface area contributed by atoms with Crippen LogP contribution in [0.3, 0.4) is 0 Å². The van der Waals surface area contributed by atoms with E-state index in [2.05, 4.69) is 25.6 Å². The highest BCUT2D eigenvalue weighted by Crippen LogP contribution is 2.23. The number of hydrogen-bond donors (Lipinski definition) is 2. The van der Waals surface area contributed by atoms with Gasteiger partial charge in [0.25, 0.3) is 17.5 Å². The molecule has 0 radical (unpaired) electrons. The van der Waals surface area contributed by atoms with Gasteiger partial charge in [0.05, 0.1) is 28.8 Å². The summed E-state index contributed by atoms with van der Waals surface area (Å²) in [7, 11) is 1.12. The highest BCUT2D eigenvalue weighted by Gasteiger charge is 2.20. The highest BCUT2D eigenvalue weighted by atomic mass is 32.1. The predicted octanol–water partition coefficient (Wildman–Crippen LogP) is 3.30. The van der Waals surface area contributed by atoms with Crippen LogP contribution in [0.1, 0.15) is 43.0 Å². The van der Waals surface area contributed by atoms with E-state index in [0.717, 1.165) is 24.3 Å². The van der Waals surface area contributed by atoms with E-state index in [-0.39, 0.29) is 22.4 Å². The minimum absolute atomic E-state index is 0.146. The van der Waals surface area contributed by atoms with Crippen molar-refractivity contribution in [2.75, 3.05) is 17.7 Å². The van der Waals surface area contributed by atoms with Crippen molar-refractivity contribution in [2.24, 2.45) is 0 Å². The minimum atomic E-state index is -0.828. The molecular formula is C20H17N5O6S. The third-order valence-electron chi connectivity index (χ3n) is 4.22. The Morgan fingerprint density at radius 3 is 2.44 bits per heavy atom. The van der Waals surface area contributed by atoms with Crippen molar-refractivity contribution in [2.45, 2.75) is 13.3 Å². The summed E-state index contributed by atoms with van der Waals surface area (Å²) >= 11 is 1.23. The molecule has 0 saturated carbocycles. The molecular weight excluding hydrogens is 438 g/mol. The smallest absolute Gasteiger partial charge is 0.338 e. The van der Waals surface area contributed by atoms with E-state index in [1.807, 2.05) is 6.92 Å². The van der Waals surface area contributed by atoms with Crippen molar-refractivity contribution in [1.82, 2.24) is 10.2 Å². The summed E-state index contributed by atoms with van der Waals surface area (Å²) in [6.07, 6.45) is 0.678. The second kappa shape index (κ2) is 9.75. The molecule has 0 bridgehead atoms. The topological polar surface area (TPSA) is 153 Å². The van der Waals surface area contributed by atoms with Crippen LogP contribution in [0.2, 0.25) is 0 Å². The zero-order chi connectivity index (χ0) is 23.3. The number of carbonyl (C=O) groups is 3. The van der Waals surface area contributed by atoms with Crippen molar-refractivity contribution in [3.63, 3.8) is 0 Å². The number of para-hydroxylation sites is 1. The number of hydrogen-bond acceptors (Lipinski definition) is 9. The monoisotopic (exact) mass is 455 g/mol. The van der Waals surface area contributed by atoms with Crippen molar-refractivity contribution in [3.8, 4) is 0 Å². The lowest BCUT2D eigenvalue weighted by molar-refractivity contribution is -0.384. The molecule has 1 aromatic heterocycles. The van der Waals surface area contributed by atoms with Gasteiger partial charge in [0, 0.05) is 17.7 Å². The number of aromatic nitrogens is 2. The number of nitro benzene ring substituents is 1. The van der Waals surface area contributed by atoms with E-state index in [0.29, 0.717) is 11.6 Å². The van der Waals surface area contributed by atoms with Crippen LogP contribution in [0.5, 0.6) is 0 Å². The molecule has 0 aliphatic rings. The third kappa shape index (κ3) is 5.10. The van der Waals surface area contributed by atoms with Gasteiger partial charge in [0.15, 0.2) is 0 Å². The third-order valence-corrected chi connectivity index (χ3v) is 5.20. The number of ether oxygens (including phenoxy) is 1. The Kier molecular flexibility index (Phi) is 6.85. The minimum Gasteiger partial charge on any atom is -0.465 e. The number of nitrogens with one attached hydrogen (secondary N) is 2. The summed E-state index contributed by atoms with van der Waals surface area (Å²) in [6.45, 7) is 1.91. The van der Waals surface area contributed by atoms with Gasteiger partial charge >= 0.3 is 5.97 Å². The van der Waals surface area contributed by atoms with Crippen LogP contribution in [0.4, 0.5) is 16.5 Å². The highest BCUT2D eigenvalue weighted by molar-refractivity contribution is 7.15. The summed E-state index contributed by atoms with van der Waals surface area (Å²) in [4.78, 5) is 47.8. The van der Waals surface area contributed by atoms with Gasteiger partial charge in [-0.3, -0.25) is 25.0 Å². The first-order chi connectivity index (χ1) is 15.3. The number of methoxy groups -OCH3 is 1. The standard InChI is InChI=1S/C20H17N5O6S/c1-3-16-23-24-20(32-16)22-18(27)14-6-4-5-7-15(14)21-17(26)11-8-12(19(28)31-2)10-13(9-11)25(29)30/h4-10H,3H2,1-2H3,(H,21,26)(H,22,24,27). The number of rotatable bonds is 7. The Bertz CT molecular complexity index is 1210. The fraction of sp³-hybridized carbons (Fsp3) is 0.150. The molecule has 3 aromatic rings. The van der Waals surface area contributed by atoms with E-state index in [9.17, 15) is 24.5 Å². The fourth-order valence-electron chi connectivity index (χ4n) is 2.68. The van der Waals surface area contributed by atoms with Crippen molar-refractivity contribution in [1.29, 1.82) is 0 Å². The van der Waals surface area contributed by atoms with Gasteiger partial charge in [-0.15, -0.1) is 10.2 Å². The van der Waals surface area contributed by atoms with Gasteiger partial charge < -0.3 is 10.1 Å². The molecule has 12 heteroatoms. The zero-order valence-corrected chi connectivity index (χ0v) is 17.8. The molecule has 0 aliphatic heterocycles. The van der Waals surface area contributed by atoms with Crippen LogP contribution in [0.15, 0.2) is 42.5 Å². The number of anilines is 2. The van der Waals surface area contributed by atoms with Crippen LogP contribution in [0, 0.1) is 10.1 Å². The number of nitrogens with zero attached hydrogens (tertiary/aromatic N) is 3. The quantitative estimate of drug-likeness (QED) is 0.312. The van der Waals surface area contributed by atoms with E-state index in [1.54, 1.807) is 12.1 Å². The van der Waals surface area contributed by atoms with Crippen molar-refractivity contribution in [3.05, 3.63) is 74.3 Å². The molecule has 3 rings (SSSR count). The Balaban J connectivity index is 1.87. The molecule has 0 spiro atoms. The Morgan fingerprint density at radius 2 is 1.78 bits per heavy atom. The van der Waals surface area contributed by atoms with Crippen LogP contribution in [-0.4, -0.2) is 40.0 Å². The van der Waals surface area contributed by atoms with E-state index in [1.165, 1.54) is 29.5 Å². The number of esters is 1. The van der Waals surface area contributed by atoms with E-state index in [4.69, 9.17) is 0 Å². The first-order valence-electron chi connectivity index (χ1n) is 9.24. The zero-order valence-electron chi connectivity index (χ0n) is 16.9. The molecule has 2 amide bonds. The maximum atomic E-state index is 12.8. The normalized spacial score (nSPS) is 10.3. The molecule has 164 valence electrons. The summed E-state index contributed by atoms with van der Waals surface area (Å²) in [5, 5.41) is 25.3. The van der Waals surface area contributed by atoms with Gasteiger partial charge in [-0.2, -0.15) is 0 Å². The van der Waals surface area contributed by atoms with Crippen LogP contribution >= 0.6 is 11.3 Å². The van der Waals surface area contributed by atoms with E-state index >= 15 is 0 Å². The fourth-order valence-corrected chi connectivity index (χ4v) is 3.35. The number of carbonyl (C=O) groups excluding carboxylic acids is 3. The Hall–Kier alpha value is -4.19. The van der Waals surface area contributed by atoms with Crippen LogP contribution in [0.25, 0.3) is 0 Å². The van der Waals surface area contributed by atoms with Crippen LogP contribution in [-0.2, 0) is 11.2 Å². The van der Waals surface area contributed by atoms with Gasteiger partial charge in [-0.05, 0) is 24.6 Å². The molecule has 0 atom stereocenters. The molecule has 2 aromatic carbocycles. The molecule has 0 unspecified atom stereocenters. The lowest BCUT2D eigenvalue weighted by atomic mass is 10.1. The molecule has 32 heavy (non-hydrogen) atoms. The predicted molar refractivity (Wildman–Crippen MR) is 116 cm³/mol. The summed E-state index contributed by atoms with van der Waals surface area (Å²) in [6, 6.07) is 9.44. The number of non-ortho nitro benzene ring substituents is 1. The molecule has 2 N–H and O–H groups in total. The van der Waals surface area contributed by atoms with Crippen molar-refractivity contribution >= 4 is 45.6 Å². The largest absolute Gasteiger partial charge is 0.465 e. The first-order valence-corrected chi connectivity index (χ1v) is 10.1. The maximum absolute atomic E-state index is 12.8. The molecule has 0 fully saturated rings. The lowest BCUT2D eigenvalue weighted by Crippen LogP contribution is -2.18. The second-order valence-corrected chi connectivity index (χ2v) is 7.39. The van der Waals surface area contributed by atoms with Gasteiger partial charge in [-0.1, -0.05) is 30.4 Å².